The van der Waals surface area contributed by atoms with Gasteiger partial charge in [-0.15, -0.1) is 0 Å². The van der Waals surface area contributed by atoms with Crippen LogP contribution in [0.5, 0.6) is 5.75 Å². The third-order valence-electron chi connectivity index (χ3n) is 2.49. The Balaban J connectivity index is 2.43. The van der Waals surface area contributed by atoms with Crippen molar-refractivity contribution in [1.82, 2.24) is 0 Å². The fraction of sp³-hybridized carbons (Fsp3) is 0.462. The van der Waals surface area contributed by atoms with Gasteiger partial charge in [0, 0.05) is 32.4 Å². The molecule has 0 heterocycles. The number of anilines is 1. The zero-order chi connectivity index (χ0) is 12.7. The van der Waals surface area contributed by atoms with Crippen molar-refractivity contribution in [3.63, 3.8) is 0 Å². The van der Waals surface area contributed by atoms with E-state index in [0.29, 0.717) is 19.6 Å². The van der Waals surface area contributed by atoms with Crippen LogP contribution in [-0.4, -0.2) is 31.3 Å². The molecule has 17 heavy (non-hydrogen) atoms. The number of ether oxygens (including phenoxy) is 1. The Morgan fingerprint density at radius 3 is 2.59 bits per heavy atom. The Labute approximate surface area is 102 Å². The molecule has 1 aromatic carbocycles. The van der Waals surface area contributed by atoms with E-state index in [2.05, 4.69) is 0 Å². The number of phenols is 1. The van der Waals surface area contributed by atoms with Crippen molar-refractivity contribution in [2.24, 2.45) is 0 Å². The predicted octanol–water partition coefficient (Wildman–Crippen LogP) is 2.17. The first-order valence-corrected chi connectivity index (χ1v) is 5.78. The number of benzene rings is 1. The van der Waals surface area contributed by atoms with Crippen LogP contribution in [0.15, 0.2) is 24.3 Å². The number of phenolic OH excluding ortho intramolecular Hbond substituents is 1. The van der Waals surface area contributed by atoms with E-state index in [1.807, 2.05) is 6.92 Å². The minimum absolute atomic E-state index is 0.0513. The predicted molar refractivity (Wildman–Crippen MR) is 67.2 cm³/mol. The molecular weight excluding hydrogens is 218 g/mol. The van der Waals surface area contributed by atoms with E-state index in [1.54, 1.807) is 36.2 Å². The molecule has 1 N–H and O–H groups in total. The largest absolute Gasteiger partial charge is 0.508 e. The number of amides is 1. The second-order valence-corrected chi connectivity index (χ2v) is 3.77. The summed E-state index contributed by atoms with van der Waals surface area (Å²) in [5, 5.41) is 9.16. The van der Waals surface area contributed by atoms with Crippen LogP contribution in [0.3, 0.4) is 0 Å². The number of aromatic hydroxyl groups is 1. The van der Waals surface area contributed by atoms with E-state index in [-0.39, 0.29) is 11.7 Å². The van der Waals surface area contributed by atoms with Crippen LogP contribution in [0.25, 0.3) is 0 Å². The van der Waals surface area contributed by atoms with E-state index in [4.69, 9.17) is 9.84 Å². The average molecular weight is 237 g/mol. The van der Waals surface area contributed by atoms with Gasteiger partial charge in [-0.05, 0) is 37.6 Å². The highest BCUT2D eigenvalue weighted by Crippen LogP contribution is 2.17. The van der Waals surface area contributed by atoms with Gasteiger partial charge in [-0.3, -0.25) is 4.79 Å². The first kappa shape index (κ1) is 13.5. The van der Waals surface area contributed by atoms with Crippen molar-refractivity contribution in [1.29, 1.82) is 0 Å². The standard InChI is InChI=1S/C13H19NO3/c1-3-17-10-4-5-13(16)14(2)11-6-8-12(15)9-7-11/h6-9,15H,3-5,10H2,1-2H3. The SMILES string of the molecule is CCOCCCC(=O)N(C)c1ccc(O)cc1. The highest BCUT2D eigenvalue weighted by molar-refractivity contribution is 5.92. The maximum Gasteiger partial charge on any atom is 0.226 e. The fourth-order valence-electron chi connectivity index (χ4n) is 1.46. The number of rotatable bonds is 6. The third kappa shape index (κ3) is 4.44. The van der Waals surface area contributed by atoms with Gasteiger partial charge in [0.25, 0.3) is 0 Å². The van der Waals surface area contributed by atoms with E-state index in [1.165, 1.54) is 0 Å². The molecule has 0 radical (unpaired) electrons. The Hall–Kier alpha value is -1.55. The van der Waals surface area contributed by atoms with Crippen LogP contribution >= 0.6 is 0 Å². The highest BCUT2D eigenvalue weighted by Gasteiger charge is 2.10. The molecule has 0 aromatic heterocycles. The minimum atomic E-state index is 0.0513. The lowest BCUT2D eigenvalue weighted by Gasteiger charge is -2.17. The van der Waals surface area contributed by atoms with Gasteiger partial charge in [-0.25, -0.2) is 0 Å². The van der Waals surface area contributed by atoms with E-state index in [0.717, 1.165) is 12.1 Å². The number of carbonyl (C=O) groups is 1. The highest BCUT2D eigenvalue weighted by atomic mass is 16.5. The lowest BCUT2D eigenvalue weighted by Crippen LogP contribution is -2.26. The Morgan fingerprint density at radius 2 is 2.00 bits per heavy atom. The van der Waals surface area contributed by atoms with Gasteiger partial charge in [0.1, 0.15) is 5.75 Å². The zero-order valence-electron chi connectivity index (χ0n) is 10.3. The Bertz CT molecular complexity index is 348. The summed E-state index contributed by atoms with van der Waals surface area (Å²) in [6.07, 6.45) is 1.20. The van der Waals surface area contributed by atoms with Gasteiger partial charge in [-0.1, -0.05) is 0 Å². The maximum absolute atomic E-state index is 11.8. The molecule has 0 saturated heterocycles. The topological polar surface area (TPSA) is 49.8 Å². The molecule has 1 rings (SSSR count). The first-order chi connectivity index (χ1) is 8.15. The van der Waals surface area contributed by atoms with Crippen LogP contribution in [0.2, 0.25) is 0 Å². The lowest BCUT2D eigenvalue weighted by molar-refractivity contribution is -0.118. The van der Waals surface area contributed by atoms with Crippen molar-refractivity contribution in [3.05, 3.63) is 24.3 Å². The third-order valence-corrected chi connectivity index (χ3v) is 2.49. The number of hydrogen-bond donors (Lipinski definition) is 1. The molecule has 0 bridgehead atoms. The molecular formula is C13H19NO3. The molecule has 0 fully saturated rings. The molecule has 1 amide bonds. The molecule has 1 aromatic rings. The van der Waals surface area contributed by atoms with Crippen molar-refractivity contribution < 1.29 is 14.6 Å². The van der Waals surface area contributed by atoms with Crippen molar-refractivity contribution in [2.45, 2.75) is 19.8 Å². The quantitative estimate of drug-likeness (QED) is 0.771. The summed E-state index contributed by atoms with van der Waals surface area (Å²) in [5.74, 6) is 0.251. The molecule has 94 valence electrons. The Morgan fingerprint density at radius 1 is 1.35 bits per heavy atom. The minimum Gasteiger partial charge on any atom is -0.508 e. The summed E-state index contributed by atoms with van der Waals surface area (Å²) in [6.45, 7) is 3.23. The summed E-state index contributed by atoms with van der Waals surface area (Å²) in [5.41, 5.74) is 0.782. The molecule has 0 aliphatic heterocycles. The van der Waals surface area contributed by atoms with E-state index in [9.17, 15) is 4.79 Å². The molecule has 0 saturated carbocycles. The smallest absolute Gasteiger partial charge is 0.226 e. The summed E-state index contributed by atoms with van der Waals surface area (Å²) in [4.78, 5) is 13.4. The summed E-state index contributed by atoms with van der Waals surface area (Å²) >= 11 is 0. The second kappa shape index (κ2) is 6.91. The van der Waals surface area contributed by atoms with Crippen LogP contribution in [0.4, 0.5) is 5.69 Å². The number of nitrogens with zero attached hydrogens (tertiary/aromatic N) is 1. The lowest BCUT2D eigenvalue weighted by atomic mass is 10.2. The van der Waals surface area contributed by atoms with Gasteiger partial charge >= 0.3 is 0 Å². The monoisotopic (exact) mass is 237 g/mol. The summed E-state index contributed by atoms with van der Waals surface area (Å²) in [7, 11) is 1.73. The molecule has 0 atom stereocenters. The van der Waals surface area contributed by atoms with E-state index >= 15 is 0 Å². The molecule has 4 heteroatoms. The zero-order valence-corrected chi connectivity index (χ0v) is 10.3. The van der Waals surface area contributed by atoms with E-state index < -0.39 is 0 Å². The molecule has 4 nitrogen and oxygen atoms in total. The molecule has 0 spiro atoms. The normalized spacial score (nSPS) is 10.2. The fourth-order valence-corrected chi connectivity index (χ4v) is 1.46. The molecule has 0 unspecified atom stereocenters. The summed E-state index contributed by atoms with van der Waals surface area (Å²) in [6, 6.07) is 6.57. The molecule has 0 aliphatic rings. The van der Waals surface area contributed by atoms with Crippen LogP contribution in [0.1, 0.15) is 19.8 Å². The van der Waals surface area contributed by atoms with Gasteiger partial charge in [0.05, 0.1) is 0 Å². The number of carbonyl (C=O) groups excluding carboxylic acids is 1. The van der Waals surface area contributed by atoms with Crippen molar-refractivity contribution in [2.75, 3.05) is 25.2 Å². The van der Waals surface area contributed by atoms with Crippen molar-refractivity contribution in [3.8, 4) is 5.75 Å². The summed E-state index contributed by atoms with van der Waals surface area (Å²) < 4.78 is 5.18. The van der Waals surface area contributed by atoms with Crippen LogP contribution < -0.4 is 4.90 Å². The first-order valence-electron chi connectivity index (χ1n) is 5.78. The van der Waals surface area contributed by atoms with Gasteiger partial charge in [-0.2, -0.15) is 0 Å². The maximum atomic E-state index is 11.8. The van der Waals surface area contributed by atoms with Gasteiger partial charge in [0.2, 0.25) is 5.91 Å². The Kier molecular flexibility index (Phi) is 5.49. The van der Waals surface area contributed by atoms with Crippen molar-refractivity contribution >= 4 is 11.6 Å². The van der Waals surface area contributed by atoms with Crippen LogP contribution in [-0.2, 0) is 9.53 Å². The number of hydrogen-bond acceptors (Lipinski definition) is 3. The molecule has 0 aliphatic carbocycles. The average Bonchev–Trinajstić information content (AvgIpc) is 2.34. The van der Waals surface area contributed by atoms with Gasteiger partial charge in [0.15, 0.2) is 0 Å². The second-order valence-electron chi connectivity index (χ2n) is 3.77. The van der Waals surface area contributed by atoms with Gasteiger partial charge < -0.3 is 14.7 Å². The van der Waals surface area contributed by atoms with Crippen LogP contribution in [0, 0.1) is 0 Å².